The molecule has 1 aliphatic heterocycles. The molecule has 1 aromatic rings. The highest BCUT2D eigenvalue weighted by Crippen LogP contribution is 2.26. The van der Waals surface area contributed by atoms with E-state index in [-0.39, 0.29) is 18.4 Å². The van der Waals surface area contributed by atoms with Gasteiger partial charge in [0.25, 0.3) is 0 Å². The van der Waals surface area contributed by atoms with E-state index >= 15 is 0 Å². The van der Waals surface area contributed by atoms with Crippen LogP contribution in [0.4, 0.5) is 11.4 Å². The van der Waals surface area contributed by atoms with Crippen LogP contribution in [0.1, 0.15) is 6.42 Å². The molecule has 1 fully saturated rings. The summed E-state index contributed by atoms with van der Waals surface area (Å²) in [6, 6.07) is 6.59. The standard InChI is InChI=1S/C12H16N2O4S/c1-19(17,18)13-10-2-4-11(5-3-10)14-7-9(8-15)6-12(14)16/h2-5,9,13,15H,6-8H2,1H3. The van der Waals surface area contributed by atoms with E-state index in [0.29, 0.717) is 24.3 Å². The lowest BCUT2D eigenvalue weighted by Crippen LogP contribution is -2.24. The van der Waals surface area contributed by atoms with Gasteiger partial charge in [0.2, 0.25) is 15.9 Å². The maximum Gasteiger partial charge on any atom is 0.229 e. The third-order valence-electron chi connectivity index (χ3n) is 2.95. The number of nitrogens with zero attached hydrogens (tertiary/aromatic N) is 1. The molecule has 1 unspecified atom stereocenters. The molecule has 104 valence electrons. The highest BCUT2D eigenvalue weighted by Gasteiger charge is 2.29. The molecule has 1 aliphatic rings. The smallest absolute Gasteiger partial charge is 0.229 e. The van der Waals surface area contributed by atoms with Crippen molar-refractivity contribution < 1.29 is 18.3 Å². The predicted octanol–water partition coefficient (Wildman–Crippen LogP) is 0.403. The summed E-state index contributed by atoms with van der Waals surface area (Å²) in [5.41, 5.74) is 1.16. The zero-order valence-electron chi connectivity index (χ0n) is 10.5. The van der Waals surface area contributed by atoms with Crippen LogP contribution in [0.5, 0.6) is 0 Å². The summed E-state index contributed by atoms with van der Waals surface area (Å²) in [6.07, 6.45) is 1.43. The van der Waals surface area contributed by atoms with Gasteiger partial charge < -0.3 is 10.0 Å². The molecule has 0 bridgehead atoms. The van der Waals surface area contributed by atoms with Gasteiger partial charge in [-0.2, -0.15) is 0 Å². The first-order chi connectivity index (χ1) is 8.89. The molecule has 0 aliphatic carbocycles. The number of carbonyl (C=O) groups is 1. The van der Waals surface area contributed by atoms with Crippen molar-refractivity contribution in [3.63, 3.8) is 0 Å². The average molecular weight is 284 g/mol. The van der Waals surface area contributed by atoms with Gasteiger partial charge in [-0.25, -0.2) is 8.42 Å². The number of nitrogens with one attached hydrogen (secondary N) is 1. The number of sulfonamides is 1. The lowest BCUT2D eigenvalue weighted by molar-refractivity contribution is -0.117. The number of hydrogen-bond acceptors (Lipinski definition) is 4. The summed E-state index contributed by atoms with van der Waals surface area (Å²) in [6.45, 7) is 0.490. The average Bonchev–Trinajstić information content (AvgIpc) is 2.70. The Labute approximate surface area is 112 Å². The van der Waals surface area contributed by atoms with Crippen LogP contribution < -0.4 is 9.62 Å². The molecule has 6 nitrogen and oxygen atoms in total. The van der Waals surface area contributed by atoms with Crippen molar-refractivity contribution >= 4 is 27.3 Å². The number of carbonyl (C=O) groups excluding carboxylic acids is 1. The Kier molecular flexibility index (Phi) is 3.77. The minimum Gasteiger partial charge on any atom is -0.396 e. The number of rotatable bonds is 4. The zero-order chi connectivity index (χ0) is 14.0. The summed E-state index contributed by atoms with van der Waals surface area (Å²) in [4.78, 5) is 13.4. The van der Waals surface area contributed by atoms with Crippen LogP contribution in [-0.4, -0.2) is 38.8 Å². The van der Waals surface area contributed by atoms with Crippen molar-refractivity contribution in [1.82, 2.24) is 0 Å². The van der Waals surface area contributed by atoms with Crippen molar-refractivity contribution in [1.29, 1.82) is 0 Å². The van der Waals surface area contributed by atoms with Crippen LogP contribution >= 0.6 is 0 Å². The fourth-order valence-corrected chi connectivity index (χ4v) is 2.64. The molecule has 7 heteroatoms. The Hall–Kier alpha value is -1.60. The first-order valence-electron chi connectivity index (χ1n) is 5.88. The van der Waals surface area contributed by atoms with E-state index in [1.54, 1.807) is 29.2 Å². The summed E-state index contributed by atoms with van der Waals surface area (Å²) in [7, 11) is -3.30. The largest absolute Gasteiger partial charge is 0.396 e. The SMILES string of the molecule is CS(=O)(=O)Nc1ccc(N2CC(CO)CC2=O)cc1. The topological polar surface area (TPSA) is 86.7 Å². The molecular formula is C12H16N2O4S. The fourth-order valence-electron chi connectivity index (χ4n) is 2.08. The van der Waals surface area contributed by atoms with E-state index in [2.05, 4.69) is 4.72 Å². The van der Waals surface area contributed by atoms with E-state index in [1.807, 2.05) is 0 Å². The molecule has 2 rings (SSSR count). The van der Waals surface area contributed by atoms with Crippen molar-refractivity contribution in [2.75, 3.05) is 29.0 Å². The molecule has 1 heterocycles. The highest BCUT2D eigenvalue weighted by atomic mass is 32.2. The van der Waals surface area contributed by atoms with E-state index < -0.39 is 10.0 Å². The number of benzene rings is 1. The number of aliphatic hydroxyl groups excluding tert-OH is 1. The van der Waals surface area contributed by atoms with Crippen LogP contribution in [0.25, 0.3) is 0 Å². The first kappa shape index (κ1) is 13.8. The molecule has 0 radical (unpaired) electrons. The van der Waals surface area contributed by atoms with E-state index in [1.165, 1.54) is 0 Å². The van der Waals surface area contributed by atoms with Gasteiger partial charge in [0.1, 0.15) is 0 Å². The van der Waals surface area contributed by atoms with Crippen LogP contribution in [0.2, 0.25) is 0 Å². The van der Waals surface area contributed by atoms with Gasteiger partial charge in [-0.1, -0.05) is 0 Å². The minimum absolute atomic E-state index is 0.00401. The molecule has 1 saturated heterocycles. The molecule has 1 aromatic carbocycles. The third-order valence-corrected chi connectivity index (χ3v) is 3.55. The van der Waals surface area contributed by atoms with Gasteiger partial charge in [0.05, 0.1) is 6.26 Å². The van der Waals surface area contributed by atoms with Crippen molar-refractivity contribution in [3.8, 4) is 0 Å². The molecule has 0 spiro atoms. The second-order valence-electron chi connectivity index (χ2n) is 4.68. The van der Waals surface area contributed by atoms with Crippen molar-refractivity contribution in [2.45, 2.75) is 6.42 Å². The second-order valence-corrected chi connectivity index (χ2v) is 6.43. The molecular weight excluding hydrogens is 268 g/mol. The normalized spacial score (nSPS) is 19.8. The first-order valence-corrected chi connectivity index (χ1v) is 7.77. The Balaban J connectivity index is 2.13. The van der Waals surface area contributed by atoms with Gasteiger partial charge in [0, 0.05) is 36.9 Å². The predicted molar refractivity (Wildman–Crippen MR) is 72.5 cm³/mol. The van der Waals surface area contributed by atoms with Crippen molar-refractivity contribution in [3.05, 3.63) is 24.3 Å². The summed E-state index contributed by atoms with van der Waals surface area (Å²) in [5, 5.41) is 9.06. The van der Waals surface area contributed by atoms with Crippen LogP contribution in [0.15, 0.2) is 24.3 Å². The second kappa shape index (κ2) is 5.18. The fraction of sp³-hybridized carbons (Fsp3) is 0.417. The maximum absolute atomic E-state index is 11.8. The van der Waals surface area contributed by atoms with E-state index in [0.717, 1.165) is 6.26 Å². The van der Waals surface area contributed by atoms with Gasteiger partial charge in [-0.05, 0) is 24.3 Å². The highest BCUT2D eigenvalue weighted by molar-refractivity contribution is 7.92. The van der Waals surface area contributed by atoms with Crippen molar-refractivity contribution in [2.24, 2.45) is 5.92 Å². The molecule has 1 atom stereocenters. The maximum atomic E-state index is 11.8. The Bertz CT molecular complexity index is 568. The molecule has 1 amide bonds. The monoisotopic (exact) mass is 284 g/mol. The molecule has 0 aromatic heterocycles. The summed E-state index contributed by atoms with van der Waals surface area (Å²) < 4.78 is 24.5. The summed E-state index contributed by atoms with van der Waals surface area (Å²) >= 11 is 0. The molecule has 0 saturated carbocycles. The number of anilines is 2. The summed E-state index contributed by atoms with van der Waals surface area (Å²) in [5.74, 6) is -0.0517. The molecule has 2 N–H and O–H groups in total. The Morgan fingerprint density at radius 1 is 1.37 bits per heavy atom. The Morgan fingerprint density at radius 3 is 2.47 bits per heavy atom. The number of hydrogen-bond donors (Lipinski definition) is 2. The van der Waals surface area contributed by atoms with Gasteiger partial charge >= 0.3 is 0 Å². The zero-order valence-corrected chi connectivity index (χ0v) is 11.4. The lowest BCUT2D eigenvalue weighted by Gasteiger charge is -2.17. The van der Waals surface area contributed by atoms with Gasteiger partial charge in [-0.3, -0.25) is 9.52 Å². The quantitative estimate of drug-likeness (QED) is 0.838. The van der Waals surface area contributed by atoms with Crippen LogP contribution in [0.3, 0.4) is 0 Å². The minimum atomic E-state index is -3.30. The number of aliphatic hydroxyl groups is 1. The van der Waals surface area contributed by atoms with Gasteiger partial charge in [-0.15, -0.1) is 0 Å². The van der Waals surface area contributed by atoms with Crippen LogP contribution in [-0.2, 0) is 14.8 Å². The third kappa shape index (κ3) is 3.45. The number of amides is 1. The van der Waals surface area contributed by atoms with E-state index in [4.69, 9.17) is 5.11 Å². The molecule has 19 heavy (non-hydrogen) atoms. The lowest BCUT2D eigenvalue weighted by atomic mass is 10.1. The van der Waals surface area contributed by atoms with Gasteiger partial charge in [0.15, 0.2) is 0 Å². The van der Waals surface area contributed by atoms with Crippen LogP contribution in [0, 0.1) is 5.92 Å². The van der Waals surface area contributed by atoms with E-state index in [9.17, 15) is 13.2 Å². The Morgan fingerprint density at radius 2 is 2.00 bits per heavy atom.